The van der Waals surface area contributed by atoms with E-state index in [1.807, 2.05) is 30.0 Å². The number of furan rings is 1. The number of fused-ring (bicyclic) bond motifs is 1. The maximum Gasteiger partial charge on any atom is 0.371 e. The molecule has 1 unspecified atom stereocenters. The first-order valence-electron chi connectivity index (χ1n) is 6.79. The standard InChI is InChI=1S/C15H17NO3S/c17-15(18)14-7-11-6-10(3-4-13(11)19-14)8-16-12-2-1-5-20-9-12/h3-4,6-7,12,16H,1-2,5,8-9H2,(H,17,18). The number of aromatic carboxylic acids is 1. The summed E-state index contributed by atoms with van der Waals surface area (Å²) in [6.45, 7) is 0.814. The second-order valence-electron chi connectivity index (χ2n) is 5.08. The second-order valence-corrected chi connectivity index (χ2v) is 6.23. The minimum Gasteiger partial charge on any atom is -0.475 e. The van der Waals surface area contributed by atoms with E-state index in [0.717, 1.165) is 17.5 Å². The maximum atomic E-state index is 10.9. The minimum absolute atomic E-state index is 0.00575. The molecular formula is C15H17NO3S. The molecule has 0 bridgehead atoms. The van der Waals surface area contributed by atoms with E-state index in [4.69, 9.17) is 9.52 Å². The summed E-state index contributed by atoms with van der Waals surface area (Å²) in [6, 6.07) is 7.99. The predicted octanol–water partition coefficient (Wildman–Crippen LogP) is 3.12. The Morgan fingerprint density at radius 2 is 2.35 bits per heavy atom. The Hall–Kier alpha value is -1.46. The van der Waals surface area contributed by atoms with Gasteiger partial charge in [-0.15, -0.1) is 0 Å². The van der Waals surface area contributed by atoms with E-state index in [2.05, 4.69) is 5.32 Å². The highest BCUT2D eigenvalue weighted by molar-refractivity contribution is 7.99. The molecule has 0 saturated carbocycles. The number of carboxylic acid groups (broad SMARTS) is 1. The Morgan fingerprint density at radius 1 is 1.45 bits per heavy atom. The van der Waals surface area contributed by atoms with Crippen LogP contribution in [0, 0.1) is 0 Å². The van der Waals surface area contributed by atoms with Gasteiger partial charge in [0.15, 0.2) is 0 Å². The van der Waals surface area contributed by atoms with Crippen LogP contribution in [0.3, 0.4) is 0 Å². The molecule has 2 heterocycles. The van der Waals surface area contributed by atoms with Crippen LogP contribution >= 0.6 is 11.8 Å². The molecule has 1 aliphatic heterocycles. The molecule has 4 nitrogen and oxygen atoms in total. The maximum absolute atomic E-state index is 10.9. The fraction of sp³-hybridized carbons (Fsp3) is 0.400. The van der Waals surface area contributed by atoms with Crippen LogP contribution in [0.15, 0.2) is 28.7 Å². The zero-order valence-electron chi connectivity index (χ0n) is 11.1. The Morgan fingerprint density at radius 3 is 3.10 bits per heavy atom. The highest BCUT2D eigenvalue weighted by Gasteiger charge is 2.14. The van der Waals surface area contributed by atoms with Crippen LogP contribution in [-0.4, -0.2) is 28.6 Å². The van der Waals surface area contributed by atoms with Gasteiger partial charge in [0, 0.05) is 23.7 Å². The largest absolute Gasteiger partial charge is 0.475 e. The van der Waals surface area contributed by atoms with E-state index < -0.39 is 5.97 Å². The van der Waals surface area contributed by atoms with Crippen LogP contribution in [0.1, 0.15) is 29.0 Å². The van der Waals surface area contributed by atoms with Gasteiger partial charge in [-0.2, -0.15) is 11.8 Å². The van der Waals surface area contributed by atoms with Crippen molar-refractivity contribution in [2.24, 2.45) is 0 Å². The fourth-order valence-electron chi connectivity index (χ4n) is 2.47. The first-order valence-corrected chi connectivity index (χ1v) is 7.95. The monoisotopic (exact) mass is 291 g/mol. The second kappa shape index (κ2) is 5.89. The summed E-state index contributed by atoms with van der Waals surface area (Å²) in [4.78, 5) is 10.9. The van der Waals surface area contributed by atoms with Crippen molar-refractivity contribution in [3.63, 3.8) is 0 Å². The molecule has 1 aliphatic rings. The number of rotatable bonds is 4. The van der Waals surface area contributed by atoms with Gasteiger partial charge in [-0.05, 0) is 42.4 Å². The number of nitrogens with one attached hydrogen (secondary N) is 1. The lowest BCUT2D eigenvalue weighted by atomic mass is 10.1. The van der Waals surface area contributed by atoms with Crippen LogP contribution in [0.4, 0.5) is 0 Å². The van der Waals surface area contributed by atoms with E-state index in [9.17, 15) is 4.79 Å². The Labute approximate surface area is 121 Å². The average Bonchev–Trinajstić information content (AvgIpc) is 2.89. The molecule has 2 N–H and O–H groups in total. The van der Waals surface area contributed by atoms with Crippen molar-refractivity contribution in [1.29, 1.82) is 0 Å². The van der Waals surface area contributed by atoms with Crippen LogP contribution in [0.5, 0.6) is 0 Å². The summed E-state index contributed by atoms with van der Waals surface area (Å²) in [7, 11) is 0. The molecule has 1 aromatic carbocycles. The van der Waals surface area contributed by atoms with Gasteiger partial charge >= 0.3 is 5.97 Å². The van der Waals surface area contributed by atoms with Crippen molar-refractivity contribution in [2.75, 3.05) is 11.5 Å². The van der Waals surface area contributed by atoms with Gasteiger partial charge in [0.05, 0.1) is 0 Å². The Balaban J connectivity index is 1.70. The number of hydrogen-bond acceptors (Lipinski definition) is 4. The Kier molecular flexibility index (Phi) is 3.98. The summed E-state index contributed by atoms with van der Waals surface area (Å²) >= 11 is 2.00. The molecule has 0 spiro atoms. The molecule has 0 amide bonds. The smallest absolute Gasteiger partial charge is 0.371 e. The lowest BCUT2D eigenvalue weighted by molar-refractivity contribution is 0.0665. The first kappa shape index (κ1) is 13.5. The summed E-state index contributed by atoms with van der Waals surface area (Å²) in [5.41, 5.74) is 1.78. The van der Waals surface area contributed by atoms with E-state index in [0.29, 0.717) is 11.6 Å². The van der Waals surface area contributed by atoms with Gasteiger partial charge in [-0.3, -0.25) is 0 Å². The summed E-state index contributed by atoms with van der Waals surface area (Å²) < 4.78 is 5.26. The first-order chi connectivity index (χ1) is 9.72. The molecule has 1 saturated heterocycles. The van der Waals surface area contributed by atoms with Crippen molar-refractivity contribution in [2.45, 2.75) is 25.4 Å². The van der Waals surface area contributed by atoms with Crippen LogP contribution in [-0.2, 0) is 6.54 Å². The highest BCUT2D eigenvalue weighted by Crippen LogP contribution is 2.22. The average molecular weight is 291 g/mol. The third-order valence-electron chi connectivity index (χ3n) is 3.55. The molecule has 1 fully saturated rings. The van der Waals surface area contributed by atoms with Gasteiger partial charge in [0.2, 0.25) is 5.76 Å². The van der Waals surface area contributed by atoms with Crippen molar-refractivity contribution in [3.05, 3.63) is 35.6 Å². The van der Waals surface area contributed by atoms with E-state index in [1.165, 1.54) is 24.3 Å². The van der Waals surface area contributed by atoms with Gasteiger partial charge in [0.25, 0.3) is 0 Å². The fourth-order valence-corrected chi connectivity index (χ4v) is 3.58. The molecule has 3 rings (SSSR count). The van der Waals surface area contributed by atoms with Crippen molar-refractivity contribution >= 4 is 28.7 Å². The third kappa shape index (κ3) is 2.99. The molecule has 2 aromatic rings. The van der Waals surface area contributed by atoms with Crippen molar-refractivity contribution < 1.29 is 14.3 Å². The summed E-state index contributed by atoms with van der Waals surface area (Å²) in [5.74, 6) is 1.42. The zero-order chi connectivity index (χ0) is 13.9. The molecule has 0 aliphatic carbocycles. The molecule has 0 radical (unpaired) electrons. The van der Waals surface area contributed by atoms with Gasteiger partial charge in [0.1, 0.15) is 5.58 Å². The molecule has 1 aromatic heterocycles. The predicted molar refractivity (Wildman–Crippen MR) is 80.4 cm³/mol. The Bertz CT molecular complexity index is 617. The summed E-state index contributed by atoms with van der Waals surface area (Å²) in [5, 5.41) is 13.3. The van der Waals surface area contributed by atoms with Crippen molar-refractivity contribution in [3.8, 4) is 0 Å². The van der Waals surface area contributed by atoms with Gasteiger partial charge < -0.3 is 14.8 Å². The van der Waals surface area contributed by atoms with Crippen LogP contribution in [0.25, 0.3) is 11.0 Å². The normalized spacial score (nSPS) is 19.3. The zero-order valence-corrected chi connectivity index (χ0v) is 11.9. The number of hydrogen-bond donors (Lipinski definition) is 2. The van der Waals surface area contributed by atoms with E-state index in [1.54, 1.807) is 6.07 Å². The minimum atomic E-state index is -1.03. The van der Waals surface area contributed by atoms with Crippen molar-refractivity contribution in [1.82, 2.24) is 5.32 Å². The quantitative estimate of drug-likeness (QED) is 0.906. The molecule has 5 heteroatoms. The highest BCUT2D eigenvalue weighted by atomic mass is 32.2. The molecule has 106 valence electrons. The third-order valence-corrected chi connectivity index (χ3v) is 4.76. The van der Waals surface area contributed by atoms with Gasteiger partial charge in [-0.1, -0.05) is 6.07 Å². The number of benzene rings is 1. The van der Waals surface area contributed by atoms with E-state index >= 15 is 0 Å². The topological polar surface area (TPSA) is 62.5 Å². The van der Waals surface area contributed by atoms with Crippen LogP contribution in [0.2, 0.25) is 0 Å². The van der Waals surface area contributed by atoms with E-state index in [-0.39, 0.29) is 5.76 Å². The summed E-state index contributed by atoms with van der Waals surface area (Å²) in [6.07, 6.45) is 2.52. The van der Waals surface area contributed by atoms with Crippen LogP contribution < -0.4 is 5.32 Å². The number of carboxylic acids is 1. The lowest BCUT2D eigenvalue weighted by Gasteiger charge is -2.22. The SMILES string of the molecule is O=C(O)c1cc2cc(CNC3CCCSC3)ccc2o1. The lowest BCUT2D eigenvalue weighted by Crippen LogP contribution is -2.33. The molecule has 20 heavy (non-hydrogen) atoms. The number of carbonyl (C=O) groups is 1. The number of thioether (sulfide) groups is 1. The molecular weight excluding hydrogens is 274 g/mol. The molecule has 1 atom stereocenters. The van der Waals surface area contributed by atoms with Gasteiger partial charge in [-0.25, -0.2) is 4.79 Å².